The number of carbonyl (C=O) groups excluding carboxylic acids is 2. The summed E-state index contributed by atoms with van der Waals surface area (Å²) in [6, 6.07) is 13.8. The lowest BCUT2D eigenvalue weighted by Gasteiger charge is -2.19. The summed E-state index contributed by atoms with van der Waals surface area (Å²) >= 11 is 0. The Kier molecular flexibility index (Phi) is 13.6. The number of benzene rings is 2. The van der Waals surface area contributed by atoms with Crippen LogP contribution in [0.4, 0.5) is 10.1 Å². The fourth-order valence-corrected chi connectivity index (χ4v) is 2.56. The number of nitrogens with zero attached hydrogens (tertiary/aromatic N) is 2. The van der Waals surface area contributed by atoms with Gasteiger partial charge in [-0.15, -0.1) is 0 Å². The van der Waals surface area contributed by atoms with Gasteiger partial charge in [0.15, 0.2) is 0 Å². The number of anilines is 1. The van der Waals surface area contributed by atoms with E-state index in [1.54, 1.807) is 45.0 Å². The molecule has 2 aromatic rings. The highest BCUT2D eigenvalue weighted by molar-refractivity contribution is 5.76. The van der Waals surface area contributed by atoms with Gasteiger partial charge in [0.05, 0.1) is 23.4 Å². The van der Waals surface area contributed by atoms with Crippen LogP contribution in [0.1, 0.15) is 63.8 Å². The molecule has 0 saturated heterocycles. The molecule has 2 rings (SSSR count). The molecule has 0 aliphatic carbocycles. The van der Waals surface area contributed by atoms with Gasteiger partial charge in [0, 0.05) is 0 Å². The summed E-state index contributed by atoms with van der Waals surface area (Å²) in [7, 11) is 0. The Bertz CT molecular complexity index is 1140. The molecule has 8 nitrogen and oxygen atoms in total. The summed E-state index contributed by atoms with van der Waals surface area (Å²) in [6.45, 7) is 14.6. The molecular weight excluding hydrogens is 475 g/mol. The Labute approximate surface area is 219 Å². The Hall–Kier alpha value is -3.95. The van der Waals surface area contributed by atoms with E-state index in [-0.39, 0.29) is 30.6 Å². The maximum Gasteiger partial charge on any atom is 0.325 e. The molecule has 2 aromatic carbocycles. The van der Waals surface area contributed by atoms with E-state index in [9.17, 15) is 14.0 Å². The van der Waals surface area contributed by atoms with E-state index in [2.05, 4.69) is 11.4 Å². The average molecular weight is 513 g/mol. The third kappa shape index (κ3) is 15.6. The predicted molar refractivity (Wildman–Crippen MR) is 141 cm³/mol. The highest BCUT2D eigenvalue weighted by Gasteiger charge is 2.16. The van der Waals surface area contributed by atoms with Crippen molar-refractivity contribution in [2.24, 2.45) is 5.73 Å². The Morgan fingerprint density at radius 2 is 1.32 bits per heavy atom. The summed E-state index contributed by atoms with van der Waals surface area (Å²) in [5.41, 5.74) is 7.30. The van der Waals surface area contributed by atoms with Crippen LogP contribution >= 0.6 is 0 Å². The van der Waals surface area contributed by atoms with Gasteiger partial charge in [0.1, 0.15) is 35.7 Å². The number of carbonyl (C=O) groups is 2. The van der Waals surface area contributed by atoms with Crippen LogP contribution in [0.3, 0.4) is 0 Å². The zero-order chi connectivity index (χ0) is 28.8. The molecule has 0 amide bonds. The van der Waals surface area contributed by atoms with Gasteiger partial charge in [-0.3, -0.25) is 9.59 Å². The SMILES string of the molecule is CC(C)(C)OC(=O)CN.Cc1ccc(F)c(C#N)c1.Cc1ccc(NCC(=O)OC(C)(C)C)c(C#N)c1. The van der Waals surface area contributed by atoms with Crippen LogP contribution in [-0.4, -0.2) is 36.2 Å². The van der Waals surface area contributed by atoms with Crippen molar-refractivity contribution < 1.29 is 23.5 Å². The van der Waals surface area contributed by atoms with Gasteiger partial charge in [-0.2, -0.15) is 10.5 Å². The molecule has 37 heavy (non-hydrogen) atoms. The first kappa shape index (κ1) is 33.0. The van der Waals surface area contributed by atoms with Crippen molar-refractivity contribution in [1.29, 1.82) is 10.5 Å². The number of nitrogens with two attached hydrogens (primary N) is 1. The number of hydrogen-bond acceptors (Lipinski definition) is 8. The highest BCUT2D eigenvalue weighted by Crippen LogP contribution is 2.16. The van der Waals surface area contributed by atoms with E-state index in [0.717, 1.165) is 11.1 Å². The molecule has 3 N–H and O–H groups in total. The molecule has 0 aromatic heterocycles. The van der Waals surface area contributed by atoms with E-state index in [1.807, 2.05) is 40.7 Å². The van der Waals surface area contributed by atoms with Crippen molar-refractivity contribution >= 4 is 17.6 Å². The number of nitriles is 2. The molecule has 0 saturated carbocycles. The predicted octanol–water partition coefficient (Wildman–Crippen LogP) is 4.91. The fourth-order valence-electron chi connectivity index (χ4n) is 2.56. The monoisotopic (exact) mass is 512 g/mol. The van der Waals surface area contributed by atoms with Crippen LogP contribution in [0.25, 0.3) is 0 Å². The van der Waals surface area contributed by atoms with Gasteiger partial charge in [0.25, 0.3) is 0 Å². The number of esters is 2. The van der Waals surface area contributed by atoms with E-state index in [0.29, 0.717) is 11.3 Å². The summed E-state index contributed by atoms with van der Waals surface area (Å²) < 4.78 is 22.5. The molecule has 9 heteroatoms. The van der Waals surface area contributed by atoms with Crippen molar-refractivity contribution in [2.45, 2.75) is 66.6 Å². The van der Waals surface area contributed by atoms with Crippen LogP contribution in [0, 0.1) is 42.3 Å². The van der Waals surface area contributed by atoms with Crippen LogP contribution in [0.15, 0.2) is 36.4 Å². The first-order valence-electron chi connectivity index (χ1n) is 11.6. The Morgan fingerprint density at radius 1 is 0.865 bits per heavy atom. The molecule has 0 aliphatic heterocycles. The lowest BCUT2D eigenvalue weighted by molar-refractivity contribution is -0.153. The minimum Gasteiger partial charge on any atom is -0.459 e. The third-order valence-electron chi connectivity index (χ3n) is 3.97. The van der Waals surface area contributed by atoms with Crippen molar-refractivity contribution in [2.75, 3.05) is 18.4 Å². The van der Waals surface area contributed by atoms with Crippen LogP contribution in [-0.2, 0) is 19.1 Å². The van der Waals surface area contributed by atoms with Crippen molar-refractivity contribution in [1.82, 2.24) is 0 Å². The van der Waals surface area contributed by atoms with E-state index < -0.39 is 17.0 Å². The van der Waals surface area contributed by atoms with Gasteiger partial charge in [-0.25, -0.2) is 4.39 Å². The maximum absolute atomic E-state index is 12.5. The second kappa shape index (κ2) is 15.2. The number of halogens is 1. The highest BCUT2D eigenvalue weighted by atomic mass is 19.1. The maximum atomic E-state index is 12.5. The minimum absolute atomic E-state index is 0.0444. The molecule has 0 aliphatic rings. The van der Waals surface area contributed by atoms with Crippen LogP contribution < -0.4 is 11.1 Å². The number of aryl methyl sites for hydroxylation is 2. The molecule has 0 fully saturated rings. The van der Waals surface area contributed by atoms with E-state index >= 15 is 0 Å². The normalized spacial score (nSPS) is 10.3. The summed E-state index contributed by atoms with van der Waals surface area (Å²) in [4.78, 5) is 22.0. The Balaban J connectivity index is 0.000000577. The second-order valence-corrected chi connectivity index (χ2v) is 9.99. The lowest BCUT2D eigenvalue weighted by atomic mass is 10.1. The lowest BCUT2D eigenvalue weighted by Crippen LogP contribution is -2.28. The van der Waals surface area contributed by atoms with Crippen LogP contribution in [0.2, 0.25) is 0 Å². The molecule has 0 radical (unpaired) electrons. The molecule has 0 spiro atoms. The minimum atomic E-state index is -0.496. The zero-order valence-electron chi connectivity index (χ0n) is 22.9. The van der Waals surface area contributed by atoms with Gasteiger partial charge < -0.3 is 20.5 Å². The van der Waals surface area contributed by atoms with Gasteiger partial charge >= 0.3 is 11.9 Å². The topological polar surface area (TPSA) is 138 Å². The number of nitrogens with one attached hydrogen (secondary N) is 1. The summed E-state index contributed by atoms with van der Waals surface area (Å²) in [5.74, 6) is -1.15. The van der Waals surface area contributed by atoms with Gasteiger partial charge in [0.2, 0.25) is 0 Å². The third-order valence-corrected chi connectivity index (χ3v) is 3.97. The first-order valence-corrected chi connectivity index (χ1v) is 11.6. The van der Waals surface area contributed by atoms with Gasteiger partial charge in [-0.05, 0) is 90.8 Å². The largest absolute Gasteiger partial charge is 0.459 e. The van der Waals surface area contributed by atoms with Crippen molar-refractivity contribution in [3.05, 3.63) is 64.5 Å². The number of hydrogen-bond donors (Lipinski definition) is 2. The zero-order valence-corrected chi connectivity index (χ0v) is 22.9. The average Bonchev–Trinajstić information content (AvgIpc) is 2.78. The standard InChI is InChI=1S/C14H18N2O2.C8H6FN.C6H13NO2/c1-10-5-6-12(11(7-10)8-15)16-9-13(17)18-14(2,3)4;1-6-2-3-8(9)7(4-6)5-10;1-6(2,3)9-5(8)4-7/h5-7,16H,9H2,1-4H3;2-4H,1H3;4,7H2,1-3H3. The molecule has 0 unspecified atom stereocenters. The van der Waals surface area contributed by atoms with E-state index in [1.165, 1.54) is 12.1 Å². The molecule has 0 heterocycles. The quantitative estimate of drug-likeness (QED) is 0.551. The Morgan fingerprint density at radius 3 is 1.73 bits per heavy atom. The van der Waals surface area contributed by atoms with Crippen molar-refractivity contribution in [3.8, 4) is 12.1 Å². The van der Waals surface area contributed by atoms with Crippen molar-refractivity contribution in [3.63, 3.8) is 0 Å². The van der Waals surface area contributed by atoms with Gasteiger partial charge in [-0.1, -0.05) is 12.1 Å². The summed E-state index contributed by atoms with van der Waals surface area (Å²) in [5, 5.41) is 20.3. The molecule has 0 atom stereocenters. The fraction of sp³-hybridized carbons (Fsp3) is 0.429. The smallest absolute Gasteiger partial charge is 0.325 e. The van der Waals surface area contributed by atoms with E-state index in [4.69, 9.17) is 25.7 Å². The second-order valence-electron chi connectivity index (χ2n) is 9.99. The number of rotatable bonds is 4. The molecule has 200 valence electrons. The first-order chi connectivity index (χ1) is 17.0. The number of ether oxygens (including phenoxy) is 2. The van der Waals surface area contributed by atoms with Crippen LogP contribution in [0.5, 0.6) is 0 Å². The summed E-state index contributed by atoms with van der Waals surface area (Å²) in [6.07, 6.45) is 0. The molecular formula is C28H37FN4O4. The molecule has 0 bridgehead atoms.